The van der Waals surface area contributed by atoms with Gasteiger partial charge in [-0.1, -0.05) is 24.3 Å². The van der Waals surface area contributed by atoms with Crippen molar-refractivity contribution in [2.75, 3.05) is 39.4 Å². The maximum atomic E-state index is 12.6. The Hall–Kier alpha value is -0.740. The van der Waals surface area contributed by atoms with E-state index in [4.69, 9.17) is 9.47 Å². The molecule has 7 nitrogen and oxygen atoms in total. The Morgan fingerprint density at radius 3 is 2.62 bits per heavy atom. The molecule has 1 unspecified atom stereocenters. The smallest absolute Gasteiger partial charge is 0.279 e. The Morgan fingerprint density at radius 2 is 1.88 bits per heavy atom. The van der Waals surface area contributed by atoms with Gasteiger partial charge in [0.15, 0.2) is 5.79 Å². The summed E-state index contributed by atoms with van der Waals surface area (Å²) in [5, 5.41) is 3.40. The number of hydrogen-bond acceptors (Lipinski definition) is 5. The van der Waals surface area contributed by atoms with E-state index in [1.54, 1.807) is 0 Å². The SMILES string of the molecule is Cl.O=S(=O)(NCC1NCCc2ccccc21)N1CCC2(CC1)OCCO2. The van der Waals surface area contributed by atoms with Gasteiger partial charge in [-0.2, -0.15) is 12.7 Å². The molecule has 2 fully saturated rings. The average molecular weight is 404 g/mol. The molecule has 1 aromatic rings. The predicted molar refractivity (Wildman–Crippen MR) is 101 cm³/mol. The van der Waals surface area contributed by atoms with Crippen molar-refractivity contribution in [3.05, 3.63) is 35.4 Å². The van der Waals surface area contributed by atoms with Crippen LogP contribution in [0.2, 0.25) is 0 Å². The molecule has 1 atom stereocenters. The summed E-state index contributed by atoms with van der Waals surface area (Å²) in [6.07, 6.45) is 2.14. The van der Waals surface area contributed by atoms with E-state index >= 15 is 0 Å². The molecule has 1 spiro atoms. The van der Waals surface area contributed by atoms with E-state index in [1.165, 1.54) is 15.4 Å². The maximum absolute atomic E-state index is 12.6. The number of benzene rings is 1. The van der Waals surface area contributed by atoms with Crippen LogP contribution < -0.4 is 10.0 Å². The lowest BCUT2D eigenvalue weighted by Gasteiger charge is -2.37. The predicted octanol–water partition coefficient (Wildman–Crippen LogP) is 0.968. The van der Waals surface area contributed by atoms with Crippen LogP contribution in [0.15, 0.2) is 24.3 Å². The van der Waals surface area contributed by atoms with Crippen LogP contribution in [-0.4, -0.2) is 57.9 Å². The second-order valence-corrected chi connectivity index (χ2v) is 8.57. The number of fused-ring (bicyclic) bond motifs is 1. The second-order valence-electron chi connectivity index (χ2n) is 6.82. The van der Waals surface area contributed by atoms with Crippen LogP contribution in [0.3, 0.4) is 0 Å². The summed E-state index contributed by atoms with van der Waals surface area (Å²) in [7, 11) is -3.50. The Morgan fingerprint density at radius 1 is 1.19 bits per heavy atom. The van der Waals surface area contributed by atoms with Crippen LogP contribution in [0, 0.1) is 0 Å². The Balaban J connectivity index is 0.00000196. The van der Waals surface area contributed by atoms with Gasteiger partial charge in [0.05, 0.1) is 13.2 Å². The largest absolute Gasteiger partial charge is 0.347 e. The monoisotopic (exact) mass is 403 g/mol. The number of ether oxygens (including phenoxy) is 2. The van der Waals surface area contributed by atoms with Crippen molar-refractivity contribution in [3.8, 4) is 0 Å². The molecule has 2 saturated heterocycles. The van der Waals surface area contributed by atoms with Crippen molar-refractivity contribution in [3.63, 3.8) is 0 Å². The fourth-order valence-corrected chi connectivity index (χ4v) is 5.13. The van der Waals surface area contributed by atoms with E-state index in [-0.39, 0.29) is 18.4 Å². The molecular formula is C17H26ClN3O4S. The van der Waals surface area contributed by atoms with Crippen molar-refractivity contribution >= 4 is 22.6 Å². The molecule has 4 rings (SSSR count). The summed E-state index contributed by atoms with van der Waals surface area (Å²) in [6, 6.07) is 8.22. The van der Waals surface area contributed by atoms with Gasteiger partial charge in [0.1, 0.15) is 0 Å². The van der Waals surface area contributed by atoms with Crippen LogP contribution >= 0.6 is 12.4 Å². The van der Waals surface area contributed by atoms with Crippen molar-refractivity contribution in [1.82, 2.24) is 14.3 Å². The van der Waals surface area contributed by atoms with E-state index < -0.39 is 16.0 Å². The minimum Gasteiger partial charge on any atom is -0.347 e. The zero-order valence-corrected chi connectivity index (χ0v) is 16.3. The lowest BCUT2D eigenvalue weighted by Crippen LogP contribution is -2.51. The second kappa shape index (κ2) is 8.10. The quantitative estimate of drug-likeness (QED) is 0.783. The van der Waals surface area contributed by atoms with Gasteiger partial charge in [0, 0.05) is 38.5 Å². The minimum absolute atomic E-state index is 0. The van der Waals surface area contributed by atoms with E-state index in [0.717, 1.165) is 13.0 Å². The summed E-state index contributed by atoms with van der Waals surface area (Å²) >= 11 is 0. The van der Waals surface area contributed by atoms with E-state index in [1.807, 2.05) is 12.1 Å². The van der Waals surface area contributed by atoms with Crippen molar-refractivity contribution in [2.45, 2.75) is 31.1 Å². The number of hydrogen-bond donors (Lipinski definition) is 2. The van der Waals surface area contributed by atoms with Crippen LogP contribution in [0.1, 0.15) is 30.0 Å². The minimum atomic E-state index is -3.50. The molecule has 26 heavy (non-hydrogen) atoms. The molecule has 146 valence electrons. The molecule has 0 bridgehead atoms. The summed E-state index contributed by atoms with van der Waals surface area (Å²) in [4.78, 5) is 0. The number of piperidine rings is 1. The fraction of sp³-hybridized carbons (Fsp3) is 0.647. The molecule has 1 aromatic carbocycles. The van der Waals surface area contributed by atoms with Gasteiger partial charge in [0.2, 0.25) is 0 Å². The standard InChI is InChI=1S/C17H25N3O4S.ClH/c21-25(22,20-9-6-17(7-10-20)23-11-12-24-17)19-13-16-15-4-2-1-3-14(15)5-8-18-16;/h1-4,16,18-19H,5-13H2;1H. The molecular weight excluding hydrogens is 378 g/mol. The Bertz CT molecular complexity index is 714. The highest BCUT2D eigenvalue weighted by Crippen LogP contribution is 2.32. The number of halogens is 1. The first-order valence-corrected chi connectivity index (χ1v) is 10.4. The Kier molecular flexibility index (Phi) is 6.23. The third kappa shape index (κ3) is 4.06. The molecule has 0 amide bonds. The number of nitrogens with one attached hydrogen (secondary N) is 2. The zero-order valence-electron chi connectivity index (χ0n) is 14.6. The van der Waals surface area contributed by atoms with Crippen LogP contribution in [0.5, 0.6) is 0 Å². The third-order valence-corrected chi connectivity index (χ3v) is 6.90. The van der Waals surface area contributed by atoms with E-state index in [9.17, 15) is 8.42 Å². The lowest BCUT2D eigenvalue weighted by molar-refractivity contribution is -0.179. The molecule has 3 aliphatic rings. The lowest BCUT2D eigenvalue weighted by atomic mass is 9.95. The van der Waals surface area contributed by atoms with Gasteiger partial charge in [-0.05, 0) is 24.1 Å². The van der Waals surface area contributed by atoms with Crippen molar-refractivity contribution in [2.24, 2.45) is 0 Å². The highest BCUT2D eigenvalue weighted by atomic mass is 35.5. The van der Waals surface area contributed by atoms with Crippen LogP contribution in [-0.2, 0) is 26.1 Å². The normalized spacial score (nSPS) is 25.6. The van der Waals surface area contributed by atoms with Gasteiger partial charge < -0.3 is 14.8 Å². The van der Waals surface area contributed by atoms with E-state index in [2.05, 4.69) is 22.2 Å². The summed E-state index contributed by atoms with van der Waals surface area (Å²) in [6.45, 7) is 3.25. The molecule has 3 aliphatic heterocycles. The van der Waals surface area contributed by atoms with Gasteiger partial charge in [0.25, 0.3) is 10.2 Å². The van der Waals surface area contributed by atoms with Crippen LogP contribution in [0.4, 0.5) is 0 Å². The van der Waals surface area contributed by atoms with Crippen LogP contribution in [0.25, 0.3) is 0 Å². The van der Waals surface area contributed by atoms with Gasteiger partial charge in [-0.25, -0.2) is 4.72 Å². The molecule has 2 N–H and O–H groups in total. The molecule has 0 saturated carbocycles. The van der Waals surface area contributed by atoms with Crippen molar-refractivity contribution in [1.29, 1.82) is 0 Å². The fourth-order valence-electron chi connectivity index (χ4n) is 3.91. The van der Waals surface area contributed by atoms with Gasteiger partial charge >= 0.3 is 0 Å². The summed E-state index contributed by atoms with van der Waals surface area (Å²) < 4.78 is 40.9. The highest BCUT2D eigenvalue weighted by Gasteiger charge is 2.42. The zero-order chi connectivity index (χ0) is 17.3. The number of rotatable bonds is 4. The Labute approximate surface area is 161 Å². The topological polar surface area (TPSA) is 79.9 Å². The first kappa shape index (κ1) is 20.0. The highest BCUT2D eigenvalue weighted by molar-refractivity contribution is 7.87. The average Bonchev–Trinajstić information content (AvgIpc) is 3.08. The molecule has 0 radical (unpaired) electrons. The molecule has 9 heteroatoms. The molecule has 0 aliphatic carbocycles. The van der Waals surface area contributed by atoms with Crippen molar-refractivity contribution < 1.29 is 17.9 Å². The van der Waals surface area contributed by atoms with E-state index in [0.29, 0.717) is 45.7 Å². The first-order valence-electron chi connectivity index (χ1n) is 8.92. The van der Waals surface area contributed by atoms with Gasteiger partial charge in [-0.15, -0.1) is 12.4 Å². The molecule has 0 aromatic heterocycles. The maximum Gasteiger partial charge on any atom is 0.279 e. The molecule has 3 heterocycles. The van der Waals surface area contributed by atoms with Gasteiger partial charge in [-0.3, -0.25) is 0 Å². The first-order chi connectivity index (χ1) is 12.1. The summed E-state index contributed by atoms with van der Waals surface area (Å²) in [5.41, 5.74) is 2.47. The number of nitrogens with zero attached hydrogens (tertiary/aromatic N) is 1. The summed E-state index contributed by atoms with van der Waals surface area (Å²) in [5.74, 6) is -0.560. The third-order valence-electron chi connectivity index (χ3n) is 5.32.